The molecule has 0 aliphatic heterocycles. The first-order valence-electron chi connectivity index (χ1n) is 8.25. The van der Waals surface area contributed by atoms with E-state index in [0.717, 1.165) is 16.7 Å². The van der Waals surface area contributed by atoms with Gasteiger partial charge in [-0.15, -0.1) is 0 Å². The Morgan fingerprint density at radius 2 is 2.15 bits per heavy atom. The molecule has 0 aliphatic carbocycles. The molecule has 0 atom stereocenters. The fraction of sp³-hybridized carbons (Fsp3) is 0.222. The van der Waals surface area contributed by atoms with Gasteiger partial charge in [0.15, 0.2) is 0 Å². The van der Waals surface area contributed by atoms with Gasteiger partial charge in [0.1, 0.15) is 23.0 Å². The van der Waals surface area contributed by atoms with Crippen LogP contribution in [0.25, 0.3) is 22.3 Å². The lowest BCUT2D eigenvalue weighted by molar-refractivity contribution is 0.300. The zero-order valence-electron chi connectivity index (χ0n) is 14.4. The van der Waals surface area contributed by atoms with Gasteiger partial charge in [0.05, 0.1) is 18.7 Å². The van der Waals surface area contributed by atoms with Crippen LogP contribution in [0.4, 0.5) is 0 Å². The third-order valence-corrected chi connectivity index (χ3v) is 4.15. The predicted molar refractivity (Wildman–Crippen MR) is 95.1 cm³/mol. The van der Waals surface area contributed by atoms with Gasteiger partial charge in [-0.1, -0.05) is 10.3 Å². The molecule has 26 heavy (non-hydrogen) atoms. The number of rotatable bonds is 5. The number of nitrogens with zero attached hydrogens (tertiary/aromatic N) is 4. The average Bonchev–Trinajstić information content (AvgIpc) is 3.25. The van der Waals surface area contributed by atoms with Crippen LogP contribution in [0.15, 0.2) is 46.1 Å². The number of imidazole rings is 1. The van der Waals surface area contributed by atoms with Gasteiger partial charge in [-0.25, -0.2) is 9.61 Å². The Bertz CT molecular complexity index is 1130. The molecule has 132 valence electrons. The molecular formula is C18H17N5O3. The van der Waals surface area contributed by atoms with E-state index in [4.69, 9.17) is 9.37 Å². The molecule has 0 radical (unpaired) electrons. The van der Waals surface area contributed by atoms with E-state index < -0.39 is 0 Å². The molecule has 0 spiro atoms. The van der Waals surface area contributed by atoms with Crippen LogP contribution in [0.5, 0.6) is 5.75 Å². The van der Waals surface area contributed by atoms with E-state index in [1.54, 1.807) is 12.4 Å². The van der Waals surface area contributed by atoms with Crippen LogP contribution in [0.2, 0.25) is 0 Å². The van der Waals surface area contributed by atoms with Crippen LogP contribution in [-0.2, 0) is 6.54 Å². The van der Waals surface area contributed by atoms with Crippen molar-refractivity contribution in [2.24, 2.45) is 0 Å². The number of hydrogen-bond acceptors (Lipinski definition) is 6. The van der Waals surface area contributed by atoms with E-state index in [1.807, 2.05) is 42.7 Å². The summed E-state index contributed by atoms with van der Waals surface area (Å²) in [6, 6.07) is 7.39. The molecule has 1 N–H and O–H groups in total. The summed E-state index contributed by atoms with van der Waals surface area (Å²) in [5.74, 6) is 1.31. The van der Waals surface area contributed by atoms with E-state index in [2.05, 4.69) is 20.3 Å². The Labute approximate surface area is 148 Å². The summed E-state index contributed by atoms with van der Waals surface area (Å²) < 4.78 is 12.1. The number of ether oxygens (including phenoxy) is 1. The molecule has 8 nitrogen and oxygen atoms in total. The summed E-state index contributed by atoms with van der Waals surface area (Å²) in [6.07, 6.45) is 3.45. The SMILES string of the molecule is CCOc1ccc2[nH]c(=O)c(-c3nccn3Cc3nonc3C)cc2c1. The molecule has 4 aromatic rings. The molecule has 0 saturated heterocycles. The van der Waals surface area contributed by atoms with Gasteiger partial charge in [-0.05, 0) is 38.1 Å². The first-order valence-corrected chi connectivity index (χ1v) is 8.25. The van der Waals surface area contributed by atoms with E-state index in [0.29, 0.717) is 35.9 Å². The van der Waals surface area contributed by atoms with Crippen LogP contribution in [0.3, 0.4) is 0 Å². The van der Waals surface area contributed by atoms with Crippen LogP contribution >= 0.6 is 0 Å². The number of hydrogen-bond donors (Lipinski definition) is 1. The number of fused-ring (bicyclic) bond motifs is 1. The van der Waals surface area contributed by atoms with Crippen molar-refractivity contribution in [3.8, 4) is 17.1 Å². The first kappa shape index (κ1) is 16.1. The second-order valence-electron chi connectivity index (χ2n) is 5.87. The highest BCUT2D eigenvalue weighted by Crippen LogP contribution is 2.23. The molecule has 0 fully saturated rings. The third-order valence-electron chi connectivity index (χ3n) is 4.15. The number of nitrogens with one attached hydrogen (secondary N) is 1. The van der Waals surface area contributed by atoms with Crippen molar-refractivity contribution in [3.05, 3.63) is 58.4 Å². The highest BCUT2D eigenvalue weighted by Gasteiger charge is 2.14. The van der Waals surface area contributed by atoms with Crippen molar-refractivity contribution in [1.29, 1.82) is 0 Å². The largest absolute Gasteiger partial charge is 0.494 e. The highest BCUT2D eigenvalue weighted by molar-refractivity contribution is 5.83. The van der Waals surface area contributed by atoms with Crippen LogP contribution < -0.4 is 10.3 Å². The summed E-state index contributed by atoms with van der Waals surface area (Å²) >= 11 is 0. The van der Waals surface area contributed by atoms with Gasteiger partial charge >= 0.3 is 0 Å². The van der Waals surface area contributed by atoms with Crippen LogP contribution in [0, 0.1) is 6.92 Å². The van der Waals surface area contributed by atoms with Crippen molar-refractivity contribution in [3.63, 3.8) is 0 Å². The zero-order chi connectivity index (χ0) is 18.1. The summed E-state index contributed by atoms with van der Waals surface area (Å²) in [7, 11) is 0. The van der Waals surface area contributed by atoms with Crippen LogP contribution in [-0.4, -0.2) is 31.5 Å². The molecule has 0 aliphatic rings. The van der Waals surface area contributed by atoms with Gasteiger partial charge in [0.2, 0.25) is 0 Å². The quantitative estimate of drug-likeness (QED) is 0.593. The molecular weight excluding hydrogens is 334 g/mol. The number of pyridine rings is 1. The summed E-state index contributed by atoms with van der Waals surface area (Å²) in [5.41, 5.74) is 2.42. The third kappa shape index (κ3) is 2.85. The van der Waals surface area contributed by atoms with Crippen molar-refractivity contribution in [2.45, 2.75) is 20.4 Å². The topological polar surface area (TPSA) is 98.8 Å². The fourth-order valence-electron chi connectivity index (χ4n) is 2.84. The lowest BCUT2D eigenvalue weighted by Crippen LogP contribution is -2.13. The van der Waals surface area contributed by atoms with Crippen molar-refractivity contribution in [1.82, 2.24) is 24.8 Å². The Morgan fingerprint density at radius 3 is 2.92 bits per heavy atom. The van der Waals surface area contributed by atoms with Gasteiger partial charge in [-0.3, -0.25) is 4.79 Å². The molecule has 3 heterocycles. The number of aryl methyl sites for hydroxylation is 1. The lowest BCUT2D eigenvalue weighted by Gasteiger charge is -2.08. The molecule has 3 aromatic heterocycles. The van der Waals surface area contributed by atoms with Gasteiger partial charge in [0.25, 0.3) is 5.56 Å². The highest BCUT2D eigenvalue weighted by atomic mass is 16.6. The first-order chi connectivity index (χ1) is 12.7. The summed E-state index contributed by atoms with van der Waals surface area (Å²) in [4.78, 5) is 19.8. The molecule has 0 bridgehead atoms. The molecule has 1 aromatic carbocycles. The van der Waals surface area contributed by atoms with Crippen molar-refractivity contribution < 1.29 is 9.37 Å². The lowest BCUT2D eigenvalue weighted by atomic mass is 10.1. The Balaban J connectivity index is 1.79. The maximum atomic E-state index is 12.6. The minimum atomic E-state index is -0.205. The monoisotopic (exact) mass is 351 g/mol. The smallest absolute Gasteiger partial charge is 0.259 e. The maximum absolute atomic E-state index is 12.6. The second kappa shape index (κ2) is 6.47. The minimum absolute atomic E-state index is 0.205. The molecule has 0 saturated carbocycles. The zero-order valence-corrected chi connectivity index (χ0v) is 14.4. The molecule has 0 unspecified atom stereocenters. The second-order valence-corrected chi connectivity index (χ2v) is 5.87. The maximum Gasteiger partial charge on any atom is 0.259 e. The summed E-state index contributed by atoms with van der Waals surface area (Å²) in [6.45, 7) is 4.75. The molecule has 8 heteroatoms. The molecule has 0 amide bonds. The minimum Gasteiger partial charge on any atom is -0.494 e. The number of benzene rings is 1. The fourth-order valence-corrected chi connectivity index (χ4v) is 2.84. The average molecular weight is 351 g/mol. The predicted octanol–water partition coefficient (Wildman–Crippen LogP) is 2.53. The van der Waals surface area contributed by atoms with Crippen molar-refractivity contribution >= 4 is 10.9 Å². The number of aromatic amines is 1. The number of aromatic nitrogens is 5. The van der Waals surface area contributed by atoms with Crippen LogP contribution in [0.1, 0.15) is 18.3 Å². The van der Waals surface area contributed by atoms with Gasteiger partial charge in [-0.2, -0.15) is 0 Å². The standard InChI is InChI=1S/C18H17N5O3/c1-3-25-13-4-5-15-12(8-13)9-14(18(24)20-15)17-19-6-7-23(17)10-16-11(2)21-26-22-16/h4-9H,3,10H2,1-2H3,(H,20,24). The van der Waals surface area contributed by atoms with E-state index in [-0.39, 0.29) is 5.56 Å². The number of H-pyrrole nitrogens is 1. The van der Waals surface area contributed by atoms with Gasteiger partial charge in [0, 0.05) is 23.3 Å². The van der Waals surface area contributed by atoms with E-state index in [1.165, 1.54) is 0 Å². The Kier molecular flexibility index (Phi) is 4.00. The van der Waals surface area contributed by atoms with E-state index in [9.17, 15) is 4.79 Å². The summed E-state index contributed by atoms with van der Waals surface area (Å²) in [5, 5.41) is 8.55. The Hall–Kier alpha value is -3.42. The normalized spacial score (nSPS) is 11.2. The van der Waals surface area contributed by atoms with Crippen molar-refractivity contribution in [2.75, 3.05) is 6.61 Å². The molecule has 4 rings (SSSR count). The van der Waals surface area contributed by atoms with E-state index >= 15 is 0 Å². The van der Waals surface area contributed by atoms with Gasteiger partial charge < -0.3 is 14.3 Å². The Morgan fingerprint density at radius 1 is 1.27 bits per heavy atom.